The first kappa shape index (κ1) is 24.4. The van der Waals surface area contributed by atoms with E-state index < -0.39 is 0 Å². The van der Waals surface area contributed by atoms with Gasteiger partial charge in [0.15, 0.2) is 0 Å². The molecule has 0 aliphatic carbocycles. The molecule has 0 saturated carbocycles. The Labute approximate surface area is 169 Å². The van der Waals surface area contributed by atoms with E-state index in [1.807, 2.05) is 50.2 Å². The van der Waals surface area contributed by atoms with Crippen molar-refractivity contribution in [1.82, 2.24) is 10.2 Å². The Balaban J connectivity index is 0.00000312. The maximum Gasteiger partial charge on any atom is 0.234 e. The number of carbonyl (C=O) groups excluding carboxylic acids is 1. The summed E-state index contributed by atoms with van der Waals surface area (Å²) in [6.45, 7) is 6.08. The second-order valence-corrected chi connectivity index (χ2v) is 6.75. The average Bonchev–Trinajstić information content (AvgIpc) is 2.56. The quantitative estimate of drug-likeness (QED) is 0.717. The number of halogens is 2. The molecule has 2 rings (SSSR count). The van der Waals surface area contributed by atoms with E-state index in [9.17, 15) is 4.79 Å². The Morgan fingerprint density at radius 2 is 1.35 bits per heavy atom. The van der Waals surface area contributed by atoms with Crippen molar-refractivity contribution in [3.63, 3.8) is 0 Å². The lowest BCUT2D eigenvalue weighted by atomic mass is 10.1. The van der Waals surface area contributed by atoms with Crippen LogP contribution in [0.15, 0.2) is 60.7 Å². The smallest absolute Gasteiger partial charge is 0.234 e. The Morgan fingerprint density at radius 3 is 1.73 bits per heavy atom. The molecule has 0 bridgehead atoms. The van der Waals surface area contributed by atoms with Crippen LogP contribution < -0.4 is 11.1 Å². The highest BCUT2D eigenvalue weighted by molar-refractivity contribution is 5.85. The zero-order valence-corrected chi connectivity index (χ0v) is 17.0. The van der Waals surface area contributed by atoms with E-state index in [1.54, 1.807) is 0 Å². The van der Waals surface area contributed by atoms with Crippen LogP contribution >= 0.6 is 24.8 Å². The molecule has 0 aliphatic heterocycles. The predicted molar refractivity (Wildman–Crippen MR) is 113 cm³/mol. The van der Waals surface area contributed by atoms with Crippen molar-refractivity contribution in [2.45, 2.75) is 32.5 Å². The lowest BCUT2D eigenvalue weighted by Crippen LogP contribution is -2.51. The van der Waals surface area contributed by atoms with Gasteiger partial charge in [-0.25, -0.2) is 0 Å². The third-order valence-corrected chi connectivity index (χ3v) is 3.85. The van der Waals surface area contributed by atoms with Crippen molar-refractivity contribution >= 4 is 30.7 Å². The summed E-state index contributed by atoms with van der Waals surface area (Å²) in [4.78, 5) is 14.5. The van der Waals surface area contributed by atoms with Gasteiger partial charge in [-0.1, -0.05) is 60.7 Å². The molecule has 0 atom stereocenters. The van der Waals surface area contributed by atoms with Crippen LogP contribution in [0.25, 0.3) is 0 Å². The van der Waals surface area contributed by atoms with Gasteiger partial charge in [-0.2, -0.15) is 0 Å². The maximum atomic E-state index is 12.4. The number of hydrogen-bond acceptors (Lipinski definition) is 3. The number of nitrogens with one attached hydrogen (secondary N) is 1. The molecule has 0 heterocycles. The summed E-state index contributed by atoms with van der Waals surface area (Å²) in [5.74, 6) is -0.00249. The molecular formula is C20H29Cl2N3O. The van der Waals surface area contributed by atoms with Crippen molar-refractivity contribution in [1.29, 1.82) is 0 Å². The van der Waals surface area contributed by atoms with E-state index in [2.05, 4.69) is 34.5 Å². The molecule has 0 saturated heterocycles. The van der Waals surface area contributed by atoms with Crippen molar-refractivity contribution in [3.8, 4) is 0 Å². The van der Waals surface area contributed by atoms with Gasteiger partial charge in [0.2, 0.25) is 5.91 Å². The number of hydrogen-bond donors (Lipinski definition) is 2. The Bertz CT molecular complexity index is 595. The van der Waals surface area contributed by atoms with Gasteiger partial charge in [0.25, 0.3) is 0 Å². The van der Waals surface area contributed by atoms with Crippen LogP contribution in [0.2, 0.25) is 0 Å². The van der Waals surface area contributed by atoms with Gasteiger partial charge in [-0.3, -0.25) is 9.69 Å². The van der Waals surface area contributed by atoms with Gasteiger partial charge in [0, 0.05) is 25.2 Å². The molecule has 3 N–H and O–H groups in total. The number of nitrogens with two attached hydrogens (primary N) is 1. The Morgan fingerprint density at radius 1 is 0.923 bits per heavy atom. The molecule has 0 radical (unpaired) electrons. The van der Waals surface area contributed by atoms with E-state index in [1.165, 1.54) is 11.1 Å². The first-order valence-corrected chi connectivity index (χ1v) is 8.30. The molecule has 2 aromatic rings. The topological polar surface area (TPSA) is 58.4 Å². The molecule has 0 unspecified atom stereocenters. The molecule has 2 aromatic carbocycles. The van der Waals surface area contributed by atoms with E-state index in [0.717, 1.165) is 13.1 Å². The van der Waals surface area contributed by atoms with E-state index in [-0.39, 0.29) is 36.3 Å². The lowest BCUT2D eigenvalue weighted by Gasteiger charge is -2.27. The fraction of sp³-hybridized carbons (Fsp3) is 0.350. The first-order chi connectivity index (χ1) is 11.5. The number of amides is 1. The van der Waals surface area contributed by atoms with Crippen LogP contribution in [0, 0.1) is 0 Å². The van der Waals surface area contributed by atoms with Gasteiger partial charge in [-0.05, 0) is 25.0 Å². The molecular weight excluding hydrogens is 369 g/mol. The summed E-state index contributed by atoms with van der Waals surface area (Å²) >= 11 is 0. The van der Waals surface area contributed by atoms with E-state index in [0.29, 0.717) is 13.1 Å². The lowest BCUT2D eigenvalue weighted by molar-refractivity contribution is -0.124. The van der Waals surface area contributed by atoms with Crippen LogP contribution in [0.5, 0.6) is 0 Å². The van der Waals surface area contributed by atoms with Gasteiger partial charge < -0.3 is 11.1 Å². The fourth-order valence-electron chi connectivity index (χ4n) is 2.52. The standard InChI is InChI=1S/C20H27N3O.2ClH/c1-20(2,16-21)22-19(24)15-23(13-17-9-5-3-6-10-17)14-18-11-7-4-8-12-18;;/h3-12H,13-16,21H2,1-2H3,(H,22,24);2*1H. The van der Waals surface area contributed by atoms with Crippen molar-refractivity contribution < 1.29 is 4.79 Å². The molecule has 4 nitrogen and oxygen atoms in total. The minimum Gasteiger partial charge on any atom is -0.349 e. The molecule has 6 heteroatoms. The average molecular weight is 398 g/mol. The third-order valence-electron chi connectivity index (χ3n) is 3.85. The number of benzene rings is 2. The number of carbonyl (C=O) groups is 1. The van der Waals surface area contributed by atoms with Gasteiger partial charge in [0.1, 0.15) is 0 Å². The summed E-state index contributed by atoms with van der Waals surface area (Å²) in [5.41, 5.74) is 7.71. The highest BCUT2D eigenvalue weighted by Gasteiger charge is 2.20. The molecule has 0 aliphatic rings. The first-order valence-electron chi connectivity index (χ1n) is 8.30. The zero-order chi connectivity index (χ0) is 17.4. The predicted octanol–water partition coefficient (Wildman–Crippen LogP) is 3.39. The van der Waals surface area contributed by atoms with E-state index in [4.69, 9.17) is 5.73 Å². The van der Waals surface area contributed by atoms with Gasteiger partial charge in [0.05, 0.1) is 6.54 Å². The highest BCUT2D eigenvalue weighted by atomic mass is 35.5. The zero-order valence-electron chi connectivity index (χ0n) is 15.4. The summed E-state index contributed by atoms with van der Waals surface area (Å²) < 4.78 is 0. The second-order valence-electron chi connectivity index (χ2n) is 6.75. The van der Waals surface area contributed by atoms with Crippen LogP contribution in [0.4, 0.5) is 0 Å². The van der Waals surface area contributed by atoms with Gasteiger partial charge >= 0.3 is 0 Å². The normalized spacial score (nSPS) is 10.6. The Kier molecular flexibility index (Phi) is 11.2. The SMILES string of the molecule is CC(C)(CN)NC(=O)CN(Cc1ccccc1)Cc1ccccc1.Cl.Cl. The van der Waals surface area contributed by atoms with E-state index >= 15 is 0 Å². The van der Waals surface area contributed by atoms with Crippen molar-refractivity contribution in [2.24, 2.45) is 5.73 Å². The number of rotatable bonds is 8. The minimum absolute atomic E-state index is 0. The third kappa shape index (κ3) is 8.68. The summed E-state index contributed by atoms with van der Waals surface area (Å²) in [6, 6.07) is 20.4. The van der Waals surface area contributed by atoms with Crippen molar-refractivity contribution in [2.75, 3.05) is 13.1 Å². The summed E-state index contributed by atoms with van der Waals surface area (Å²) in [6.07, 6.45) is 0. The van der Waals surface area contributed by atoms with Gasteiger partial charge in [-0.15, -0.1) is 24.8 Å². The second kappa shape index (κ2) is 11.9. The van der Waals surface area contributed by atoms with Crippen LogP contribution in [-0.4, -0.2) is 29.4 Å². The van der Waals surface area contributed by atoms with Crippen molar-refractivity contribution in [3.05, 3.63) is 71.8 Å². The highest BCUT2D eigenvalue weighted by Crippen LogP contribution is 2.10. The minimum atomic E-state index is -0.387. The van der Waals surface area contributed by atoms with Crippen LogP contribution in [0.1, 0.15) is 25.0 Å². The molecule has 1 amide bonds. The van der Waals surface area contributed by atoms with Crippen LogP contribution in [0.3, 0.4) is 0 Å². The molecule has 26 heavy (non-hydrogen) atoms. The fourth-order valence-corrected chi connectivity index (χ4v) is 2.52. The largest absolute Gasteiger partial charge is 0.349 e. The molecule has 144 valence electrons. The summed E-state index contributed by atoms with van der Waals surface area (Å²) in [7, 11) is 0. The number of nitrogens with zero attached hydrogens (tertiary/aromatic N) is 1. The molecule has 0 fully saturated rings. The molecule has 0 spiro atoms. The Hall–Kier alpha value is -1.59. The maximum absolute atomic E-state index is 12.4. The van der Waals surface area contributed by atoms with Crippen LogP contribution in [-0.2, 0) is 17.9 Å². The monoisotopic (exact) mass is 397 g/mol. The summed E-state index contributed by atoms with van der Waals surface area (Å²) in [5, 5.41) is 3.00. The molecule has 0 aromatic heterocycles.